The number of imidazole rings is 1. The van der Waals surface area contributed by atoms with Crippen LogP contribution in [0.3, 0.4) is 0 Å². The number of para-hydroxylation sites is 3. The van der Waals surface area contributed by atoms with Gasteiger partial charge in [0.15, 0.2) is 5.76 Å². The quantitative estimate of drug-likeness (QED) is 0.311. The number of hydrogen-bond acceptors (Lipinski definition) is 4. The highest BCUT2D eigenvalue weighted by molar-refractivity contribution is 5.91. The summed E-state index contributed by atoms with van der Waals surface area (Å²) in [6.07, 6.45) is 5.09. The number of hydrogen-bond donors (Lipinski definition) is 1. The Morgan fingerprint density at radius 2 is 1.82 bits per heavy atom. The van der Waals surface area contributed by atoms with Crippen LogP contribution in [0.2, 0.25) is 0 Å². The van der Waals surface area contributed by atoms with Gasteiger partial charge in [-0.3, -0.25) is 4.79 Å². The number of benzene rings is 2. The zero-order valence-electron chi connectivity index (χ0n) is 19.3. The molecule has 0 fully saturated rings. The highest BCUT2D eigenvalue weighted by Gasteiger charge is 2.12. The van der Waals surface area contributed by atoms with Crippen molar-refractivity contribution in [2.24, 2.45) is 0 Å². The minimum atomic E-state index is -0.183. The maximum Gasteiger partial charge on any atom is 0.286 e. The SMILES string of the molecule is Cc1cccc(C)c1OCCCCn1c(CCCNC(=O)c2ccco2)nc2ccccc21. The molecular formula is C27H31N3O3. The Balaban J connectivity index is 1.30. The summed E-state index contributed by atoms with van der Waals surface area (Å²) in [7, 11) is 0. The molecule has 0 atom stereocenters. The van der Waals surface area contributed by atoms with Crippen molar-refractivity contribution in [3.63, 3.8) is 0 Å². The number of unbranched alkanes of at least 4 members (excludes halogenated alkanes) is 1. The molecule has 0 aliphatic carbocycles. The molecule has 0 aliphatic heterocycles. The average molecular weight is 446 g/mol. The number of aryl methyl sites for hydroxylation is 4. The molecule has 0 aliphatic rings. The average Bonchev–Trinajstić information content (AvgIpc) is 3.47. The van der Waals surface area contributed by atoms with Crippen molar-refractivity contribution in [2.75, 3.05) is 13.2 Å². The van der Waals surface area contributed by atoms with Gasteiger partial charge < -0.3 is 19.0 Å². The molecule has 4 aromatic rings. The lowest BCUT2D eigenvalue weighted by Gasteiger charge is -2.13. The highest BCUT2D eigenvalue weighted by Crippen LogP contribution is 2.23. The van der Waals surface area contributed by atoms with Crippen LogP contribution >= 0.6 is 0 Å². The minimum Gasteiger partial charge on any atom is -0.493 e. The van der Waals surface area contributed by atoms with E-state index in [2.05, 4.69) is 60.1 Å². The standard InChI is InChI=1S/C27H31N3O3/c1-20-10-7-11-21(2)26(20)33-18-6-5-17-30-23-13-4-3-12-22(23)29-25(30)15-8-16-28-27(31)24-14-9-19-32-24/h3-4,7,9-14,19H,5-6,8,15-18H2,1-2H3,(H,28,31). The summed E-state index contributed by atoms with van der Waals surface area (Å²) >= 11 is 0. The fraction of sp³-hybridized carbons (Fsp3) is 0.333. The Morgan fingerprint density at radius 1 is 1.00 bits per heavy atom. The van der Waals surface area contributed by atoms with Crippen molar-refractivity contribution in [2.45, 2.75) is 46.1 Å². The van der Waals surface area contributed by atoms with Crippen LogP contribution in [0.5, 0.6) is 5.75 Å². The number of furan rings is 1. The molecule has 2 aromatic carbocycles. The Morgan fingerprint density at radius 3 is 2.61 bits per heavy atom. The van der Waals surface area contributed by atoms with E-state index in [-0.39, 0.29) is 5.91 Å². The van der Waals surface area contributed by atoms with E-state index >= 15 is 0 Å². The third-order valence-corrected chi connectivity index (χ3v) is 5.77. The molecule has 0 bridgehead atoms. The molecule has 6 nitrogen and oxygen atoms in total. The fourth-order valence-electron chi connectivity index (χ4n) is 4.08. The van der Waals surface area contributed by atoms with Crippen molar-refractivity contribution in [3.05, 3.63) is 83.6 Å². The first-order valence-electron chi connectivity index (χ1n) is 11.6. The molecule has 1 N–H and O–H groups in total. The molecule has 0 radical (unpaired) electrons. The van der Waals surface area contributed by atoms with E-state index in [1.807, 2.05) is 6.07 Å². The van der Waals surface area contributed by atoms with Crippen LogP contribution in [-0.2, 0) is 13.0 Å². The van der Waals surface area contributed by atoms with Gasteiger partial charge in [-0.1, -0.05) is 30.3 Å². The minimum absolute atomic E-state index is 0.183. The van der Waals surface area contributed by atoms with E-state index in [0.29, 0.717) is 18.9 Å². The Kier molecular flexibility index (Phi) is 7.45. The van der Waals surface area contributed by atoms with Crippen LogP contribution in [0.1, 0.15) is 46.8 Å². The van der Waals surface area contributed by atoms with Gasteiger partial charge in [0.05, 0.1) is 23.9 Å². The second-order valence-corrected chi connectivity index (χ2v) is 8.28. The van der Waals surface area contributed by atoms with Gasteiger partial charge in [-0.2, -0.15) is 0 Å². The van der Waals surface area contributed by atoms with Crippen molar-refractivity contribution in [1.82, 2.24) is 14.9 Å². The maximum atomic E-state index is 12.0. The summed E-state index contributed by atoms with van der Waals surface area (Å²) < 4.78 is 13.5. The van der Waals surface area contributed by atoms with E-state index in [1.54, 1.807) is 12.1 Å². The first kappa shape index (κ1) is 22.6. The second kappa shape index (κ2) is 10.9. The fourth-order valence-corrected chi connectivity index (χ4v) is 4.08. The number of ether oxygens (including phenoxy) is 1. The summed E-state index contributed by atoms with van der Waals surface area (Å²) in [5.74, 6) is 2.21. The summed E-state index contributed by atoms with van der Waals surface area (Å²) in [5.41, 5.74) is 4.52. The van der Waals surface area contributed by atoms with Crippen LogP contribution in [0.4, 0.5) is 0 Å². The smallest absolute Gasteiger partial charge is 0.286 e. The van der Waals surface area contributed by atoms with E-state index in [1.165, 1.54) is 17.4 Å². The first-order valence-corrected chi connectivity index (χ1v) is 11.6. The van der Waals surface area contributed by atoms with E-state index in [9.17, 15) is 4.79 Å². The van der Waals surface area contributed by atoms with Gasteiger partial charge >= 0.3 is 0 Å². The molecule has 0 saturated carbocycles. The third-order valence-electron chi connectivity index (χ3n) is 5.77. The largest absolute Gasteiger partial charge is 0.493 e. The second-order valence-electron chi connectivity index (χ2n) is 8.28. The predicted molar refractivity (Wildman–Crippen MR) is 130 cm³/mol. The zero-order valence-corrected chi connectivity index (χ0v) is 19.3. The van der Waals surface area contributed by atoms with Gasteiger partial charge in [0.2, 0.25) is 0 Å². The first-order chi connectivity index (χ1) is 16.1. The van der Waals surface area contributed by atoms with E-state index in [4.69, 9.17) is 14.1 Å². The molecular weight excluding hydrogens is 414 g/mol. The van der Waals surface area contributed by atoms with Crippen LogP contribution < -0.4 is 10.1 Å². The number of carbonyl (C=O) groups excluding carboxylic acids is 1. The van der Waals surface area contributed by atoms with Crippen LogP contribution in [0.15, 0.2) is 65.3 Å². The van der Waals surface area contributed by atoms with Gasteiger partial charge in [0.25, 0.3) is 5.91 Å². The van der Waals surface area contributed by atoms with Crippen LogP contribution in [0.25, 0.3) is 11.0 Å². The van der Waals surface area contributed by atoms with Gasteiger partial charge in [-0.05, 0) is 68.5 Å². The molecule has 0 unspecified atom stereocenters. The summed E-state index contributed by atoms with van der Waals surface area (Å²) in [6.45, 7) is 6.34. The third kappa shape index (κ3) is 5.64. The Bertz CT molecular complexity index is 1170. The molecule has 6 heteroatoms. The van der Waals surface area contributed by atoms with E-state index < -0.39 is 0 Å². The number of nitrogens with zero attached hydrogens (tertiary/aromatic N) is 2. The Hall–Kier alpha value is -3.54. The van der Waals surface area contributed by atoms with Crippen LogP contribution in [0, 0.1) is 13.8 Å². The molecule has 4 rings (SSSR count). The van der Waals surface area contributed by atoms with Gasteiger partial charge in [0.1, 0.15) is 11.6 Å². The zero-order chi connectivity index (χ0) is 23.0. The molecule has 1 amide bonds. The number of fused-ring (bicyclic) bond motifs is 1. The molecule has 0 spiro atoms. The van der Waals surface area contributed by atoms with Crippen molar-refractivity contribution >= 4 is 16.9 Å². The number of rotatable bonds is 11. The van der Waals surface area contributed by atoms with Gasteiger partial charge in [-0.15, -0.1) is 0 Å². The lowest BCUT2D eigenvalue weighted by Crippen LogP contribution is -2.24. The molecule has 2 aromatic heterocycles. The summed E-state index contributed by atoms with van der Waals surface area (Å²) in [6, 6.07) is 17.9. The van der Waals surface area contributed by atoms with Gasteiger partial charge in [0, 0.05) is 19.5 Å². The number of nitrogens with one attached hydrogen (secondary N) is 1. The van der Waals surface area contributed by atoms with Crippen molar-refractivity contribution in [1.29, 1.82) is 0 Å². The topological polar surface area (TPSA) is 69.3 Å². The highest BCUT2D eigenvalue weighted by atomic mass is 16.5. The maximum absolute atomic E-state index is 12.0. The molecule has 33 heavy (non-hydrogen) atoms. The molecule has 172 valence electrons. The van der Waals surface area contributed by atoms with Crippen LogP contribution in [-0.4, -0.2) is 28.6 Å². The molecule has 0 saturated heterocycles. The van der Waals surface area contributed by atoms with Crippen molar-refractivity contribution in [3.8, 4) is 5.75 Å². The predicted octanol–water partition coefficient (Wildman–Crippen LogP) is 5.47. The lowest BCUT2D eigenvalue weighted by molar-refractivity contribution is 0.0925. The normalized spacial score (nSPS) is 11.1. The van der Waals surface area contributed by atoms with Crippen molar-refractivity contribution < 1.29 is 13.9 Å². The van der Waals surface area contributed by atoms with Gasteiger partial charge in [-0.25, -0.2) is 4.98 Å². The Labute approximate surface area is 194 Å². The monoisotopic (exact) mass is 445 g/mol. The number of carbonyl (C=O) groups is 1. The number of amides is 1. The molecule has 2 heterocycles. The lowest BCUT2D eigenvalue weighted by atomic mass is 10.1. The summed E-state index contributed by atoms with van der Waals surface area (Å²) in [4.78, 5) is 16.9. The summed E-state index contributed by atoms with van der Waals surface area (Å²) in [5, 5.41) is 2.91. The number of aromatic nitrogens is 2. The van der Waals surface area contributed by atoms with E-state index in [0.717, 1.165) is 54.8 Å².